The predicted octanol–water partition coefficient (Wildman–Crippen LogP) is 2.83. The SMILES string of the molecule is COCCn1c(=O)c2c(-n3nncc3C(C)(C)C)ncn2c2cccc(Cl)c21. The van der Waals surface area contributed by atoms with Crippen molar-refractivity contribution in [2.75, 3.05) is 13.7 Å². The van der Waals surface area contributed by atoms with E-state index in [1.807, 2.05) is 12.1 Å². The number of methoxy groups -OCH3 is 1. The lowest BCUT2D eigenvalue weighted by Gasteiger charge is -2.18. The average Bonchev–Trinajstić information content (AvgIpc) is 3.28. The molecule has 8 nitrogen and oxygen atoms in total. The van der Waals surface area contributed by atoms with Crippen molar-refractivity contribution in [3.8, 4) is 5.82 Å². The quantitative estimate of drug-likeness (QED) is 0.526. The summed E-state index contributed by atoms with van der Waals surface area (Å²) in [6.45, 7) is 6.95. The molecule has 28 heavy (non-hydrogen) atoms. The van der Waals surface area contributed by atoms with E-state index in [9.17, 15) is 4.79 Å². The topological polar surface area (TPSA) is 79.2 Å². The van der Waals surface area contributed by atoms with Crippen molar-refractivity contribution in [1.82, 2.24) is 28.9 Å². The third-order valence-corrected chi connectivity index (χ3v) is 5.03. The Morgan fingerprint density at radius 2 is 2.00 bits per heavy atom. The van der Waals surface area contributed by atoms with E-state index in [0.29, 0.717) is 35.0 Å². The second-order valence-electron chi connectivity index (χ2n) is 7.62. The number of rotatable bonds is 4. The highest BCUT2D eigenvalue weighted by Crippen LogP contribution is 2.27. The molecule has 0 aliphatic rings. The van der Waals surface area contributed by atoms with E-state index >= 15 is 0 Å². The van der Waals surface area contributed by atoms with Gasteiger partial charge in [0.05, 0.1) is 34.6 Å². The first kappa shape index (κ1) is 18.6. The molecule has 9 heteroatoms. The van der Waals surface area contributed by atoms with Crippen LogP contribution in [0.3, 0.4) is 0 Å². The molecule has 0 spiro atoms. The Morgan fingerprint density at radius 3 is 2.71 bits per heavy atom. The number of benzene rings is 1. The second kappa shape index (κ2) is 6.72. The molecule has 0 saturated carbocycles. The van der Waals surface area contributed by atoms with Crippen molar-refractivity contribution in [2.45, 2.75) is 32.7 Å². The van der Waals surface area contributed by atoms with Crippen LogP contribution in [0.4, 0.5) is 0 Å². The van der Waals surface area contributed by atoms with Gasteiger partial charge in [0.2, 0.25) is 0 Å². The molecule has 0 atom stereocenters. The fraction of sp³-hybridized carbons (Fsp3) is 0.368. The van der Waals surface area contributed by atoms with Gasteiger partial charge in [-0.15, -0.1) is 5.10 Å². The zero-order valence-electron chi connectivity index (χ0n) is 16.2. The van der Waals surface area contributed by atoms with Crippen LogP contribution in [0.5, 0.6) is 0 Å². The van der Waals surface area contributed by atoms with Crippen LogP contribution < -0.4 is 5.56 Å². The zero-order chi connectivity index (χ0) is 20.1. The lowest BCUT2D eigenvalue weighted by Crippen LogP contribution is -2.26. The Balaban J connectivity index is 2.11. The molecule has 0 N–H and O–H groups in total. The highest BCUT2D eigenvalue weighted by atomic mass is 35.5. The molecular weight excluding hydrogens is 380 g/mol. The molecule has 0 unspecified atom stereocenters. The molecule has 146 valence electrons. The van der Waals surface area contributed by atoms with Crippen LogP contribution in [0.15, 0.2) is 35.5 Å². The molecule has 4 rings (SSSR count). The summed E-state index contributed by atoms with van der Waals surface area (Å²) in [7, 11) is 1.60. The van der Waals surface area contributed by atoms with Crippen LogP contribution in [0.2, 0.25) is 5.02 Å². The molecule has 3 aromatic heterocycles. The van der Waals surface area contributed by atoms with Gasteiger partial charge in [-0.3, -0.25) is 9.20 Å². The monoisotopic (exact) mass is 400 g/mol. The van der Waals surface area contributed by atoms with Crippen molar-refractivity contribution in [3.05, 3.63) is 51.8 Å². The van der Waals surface area contributed by atoms with Gasteiger partial charge in [-0.2, -0.15) is 4.68 Å². The maximum Gasteiger partial charge on any atom is 0.279 e. The van der Waals surface area contributed by atoms with E-state index in [1.54, 1.807) is 39.3 Å². The molecule has 4 aromatic rings. The first-order valence-corrected chi connectivity index (χ1v) is 9.31. The molecule has 0 bridgehead atoms. The van der Waals surface area contributed by atoms with E-state index in [4.69, 9.17) is 16.3 Å². The average molecular weight is 401 g/mol. The van der Waals surface area contributed by atoms with Crippen LogP contribution in [0.25, 0.3) is 22.4 Å². The fourth-order valence-electron chi connectivity index (χ4n) is 3.37. The van der Waals surface area contributed by atoms with Crippen molar-refractivity contribution in [3.63, 3.8) is 0 Å². The van der Waals surface area contributed by atoms with Gasteiger partial charge in [0, 0.05) is 19.1 Å². The molecule has 0 fully saturated rings. The van der Waals surface area contributed by atoms with Crippen molar-refractivity contribution in [1.29, 1.82) is 0 Å². The number of hydrogen-bond donors (Lipinski definition) is 0. The fourth-order valence-corrected chi connectivity index (χ4v) is 3.64. The molecule has 0 aliphatic carbocycles. The Hall–Kier alpha value is -2.71. The van der Waals surface area contributed by atoms with Crippen molar-refractivity contribution in [2.24, 2.45) is 0 Å². The number of hydrogen-bond acceptors (Lipinski definition) is 5. The Bertz CT molecular complexity index is 1230. The molecule has 3 heterocycles. The number of para-hydroxylation sites is 1. The summed E-state index contributed by atoms with van der Waals surface area (Å²) in [5.41, 5.74) is 2.30. The minimum Gasteiger partial charge on any atom is -0.383 e. The third kappa shape index (κ3) is 2.80. The summed E-state index contributed by atoms with van der Waals surface area (Å²) in [5, 5.41) is 8.74. The van der Waals surface area contributed by atoms with Gasteiger partial charge in [-0.1, -0.05) is 43.7 Å². The summed E-state index contributed by atoms with van der Waals surface area (Å²) in [5.74, 6) is 0.445. The van der Waals surface area contributed by atoms with Gasteiger partial charge < -0.3 is 9.30 Å². The van der Waals surface area contributed by atoms with Crippen LogP contribution >= 0.6 is 11.6 Å². The molecule has 0 aliphatic heterocycles. The smallest absolute Gasteiger partial charge is 0.279 e. The second-order valence-corrected chi connectivity index (χ2v) is 8.03. The van der Waals surface area contributed by atoms with E-state index < -0.39 is 0 Å². The van der Waals surface area contributed by atoms with Gasteiger partial charge in [0.1, 0.15) is 6.33 Å². The number of halogens is 1. The highest BCUT2D eigenvalue weighted by Gasteiger charge is 2.25. The Morgan fingerprint density at radius 1 is 1.21 bits per heavy atom. The Labute approximate surface area is 166 Å². The summed E-state index contributed by atoms with van der Waals surface area (Å²) in [6, 6.07) is 5.53. The maximum atomic E-state index is 13.5. The number of ether oxygens (including phenoxy) is 1. The molecule has 0 radical (unpaired) electrons. The largest absolute Gasteiger partial charge is 0.383 e. The van der Waals surface area contributed by atoms with E-state index in [-0.39, 0.29) is 11.0 Å². The molecule has 1 aromatic carbocycles. The summed E-state index contributed by atoms with van der Waals surface area (Å²) in [6.07, 6.45) is 3.33. The summed E-state index contributed by atoms with van der Waals surface area (Å²) >= 11 is 6.44. The molecular formula is C19H21ClN6O2. The van der Waals surface area contributed by atoms with Crippen molar-refractivity contribution < 1.29 is 4.74 Å². The van der Waals surface area contributed by atoms with Gasteiger partial charge in [0.15, 0.2) is 11.3 Å². The number of nitrogens with zero attached hydrogens (tertiary/aromatic N) is 6. The highest BCUT2D eigenvalue weighted by molar-refractivity contribution is 6.35. The van der Waals surface area contributed by atoms with Crippen LogP contribution in [-0.2, 0) is 16.7 Å². The van der Waals surface area contributed by atoms with Crippen LogP contribution in [0, 0.1) is 0 Å². The minimum atomic E-state index is -0.214. The first-order chi connectivity index (χ1) is 13.3. The number of fused-ring (bicyclic) bond motifs is 3. The van der Waals surface area contributed by atoms with Crippen LogP contribution in [-0.4, -0.2) is 42.7 Å². The lowest BCUT2D eigenvalue weighted by molar-refractivity contribution is 0.187. The lowest BCUT2D eigenvalue weighted by atomic mass is 9.93. The summed E-state index contributed by atoms with van der Waals surface area (Å²) < 4.78 is 10.2. The number of imidazole rings is 1. The van der Waals surface area contributed by atoms with Crippen LogP contribution in [0.1, 0.15) is 26.5 Å². The van der Waals surface area contributed by atoms with Gasteiger partial charge in [-0.05, 0) is 12.1 Å². The Kier molecular flexibility index (Phi) is 4.47. The molecule has 0 saturated heterocycles. The first-order valence-electron chi connectivity index (χ1n) is 8.93. The standard InChI is InChI=1S/C19H21ClN6O2/c1-19(2,3)14-10-22-23-26(14)17-16-18(27)24(8-9-28-4)15-12(20)6-5-7-13(15)25(16)11-21-17/h5-7,10-11H,8-9H2,1-4H3. The number of aromatic nitrogens is 6. The zero-order valence-corrected chi connectivity index (χ0v) is 16.9. The van der Waals surface area contributed by atoms with Gasteiger partial charge >= 0.3 is 0 Å². The van der Waals surface area contributed by atoms with Gasteiger partial charge in [-0.25, -0.2) is 4.98 Å². The maximum absolute atomic E-state index is 13.5. The summed E-state index contributed by atoms with van der Waals surface area (Å²) in [4.78, 5) is 18.0. The van der Waals surface area contributed by atoms with E-state index in [0.717, 1.165) is 11.2 Å². The van der Waals surface area contributed by atoms with E-state index in [1.165, 1.54) is 0 Å². The van der Waals surface area contributed by atoms with E-state index in [2.05, 4.69) is 36.1 Å². The third-order valence-electron chi connectivity index (χ3n) is 4.73. The van der Waals surface area contributed by atoms with Crippen molar-refractivity contribution >= 4 is 28.2 Å². The molecule has 0 amide bonds. The minimum absolute atomic E-state index is 0.208. The van der Waals surface area contributed by atoms with Gasteiger partial charge in [0.25, 0.3) is 5.56 Å². The normalized spacial score (nSPS) is 12.3. The predicted molar refractivity (Wildman–Crippen MR) is 107 cm³/mol.